The highest BCUT2D eigenvalue weighted by Crippen LogP contribution is 2.39. The molecule has 2 fully saturated rings. The van der Waals surface area contributed by atoms with Gasteiger partial charge in [0.2, 0.25) is 5.91 Å². The predicted molar refractivity (Wildman–Crippen MR) is 63.1 cm³/mol. The SMILES string of the molecule is CC1OCCC1N(C)C(=O)C1(C#N)CCCC1. The van der Waals surface area contributed by atoms with Gasteiger partial charge < -0.3 is 9.64 Å². The van der Waals surface area contributed by atoms with Gasteiger partial charge in [-0.1, -0.05) is 12.8 Å². The number of hydrogen-bond acceptors (Lipinski definition) is 3. The Bertz CT molecular complexity index is 342. The molecule has 4 heteroatoms. The molecular weight excluding hydrogens is 216 g/mol. The van der Waals surface area contributed by atoms with Crippen molar-refractivity contribution in [2.24, 2.45) is 5.41 Å². The van der Waals surface area contributed by atoms with Crippen LogP contribution in [0.3, 0.4) is 0 Å². The molecule has 1 aliphatic carbocycles. The molecule has 0 radical (unpaired) electrons. The number of ether oxygens (including phenoxy) is 1. The number of likely N-dealkylation sites (N-methyl/N-ethyl adjacent to an activating group) is 1. The van der Waals surface area contributed by atoms with Gasteiger partial charge >= 0.3 is 0 Å². The first-order valence-electron chi connectivity index (χ1n) is 6.41. The van der Waals surface area contributed by atoms with Crippen LogP contribution in [0.1, 0.15) is 39.0 Å². The summed E-state index contributed by atoms with van der Waals surface area (Å²) in [5, 5.41) is 9.32. The van der Waals surface area contributed by atoms with E-state index in [1.807, 2.05) is 14.0 Å². The summed E-state index contributed by atoms with van der Waals surface area (Å²) in [6.07, 6.45) is 4.38. The highest BCUT2D eigenvalue weighted by atomic mass is 16.5. The first-order chi connectivity index (χ1) is 8.10. The average Bonchev–Trinajstić information content (AvgIpc) is 2.96. The van der Waals surface area contributed by atoms with Crippen molar-refractivity contribution in [3.8, 4) is 6.07 Å². The number of nitriles is 1. The van der Waals surface area contributed by atoms with Crippen LogP contribution in [0.5, 0.6) is 0 Å². The van der Waals surface area contributed by atoms with E-state index in [4.69, 9.17) is 4.74 Å². The summed E-state index contributed by atoms with van der Waals surface area (Å²) in [4.78, 5) is 14.2. The maximum absolute atomic E-state index is 12.5. The quantitative estimate of drug-likeness (QED) is 0.733. The molecule has 1 aliphatic heterocycles. The highest BCUT2D eigenvalue weighted by Gasteiger charge is 2.45. The molecule has 0 aromatic carbocycles. The number of amides is 1. The molecule has 1 amide bonds. The molecule has 17 heavy (non-hydrogen) atoms. The third-order valence-electron chi connectivity index (χ3n) is 4.23. The van der Waals surface area contributed by atoms with Crippen molar-refractivity contribution >= 4 is 5.91 Å². The van der Waals surface area contributed by atoms with Crippen LogP contribution in [0.15, 0.2) is 0 Å². The second-order valence-electron chi connectivity index (χ2n) is 5.25. The second kappa shape index (κ2) is 4.66. The zero-order valence-electron chi connectivity index (χ0n) is 10.6. The third-order valence-corrected chi connectivity index (χ3v) is 4.23. The van der Waals surface area contributed by atoms with E-state index in [0.29, 0.717) is 19.4 Å². The summed E-state index contributed by atoms with van der Waals surface area (Å²) < 4.78 is 5.49. The van der Waals surface area contributed by atoms with E-state index in [-0.39, 0.29) is 18.1 Å². The zero-order chi connectivity index (χ0) is 12.5. The minimum absolute atomic E-state index is 0.000139. The maximum Gasteiger partial charge on any atom is 0.243 e. The first kappa shape index (κ1) is 12.4. The number of carbonyl (C=O) groups is 1. The average molecular weight is 236 g/mol. The molecule has 1 saturated heterocycles. The van der Waals surface area contributed by atoms with Gasteiger partial charge in [0.05, 0.1) is 18.2 Å². The van der Waals surface area contributed by atoms with Crippen LogP contribution < -0.4 is 0 Å². The van der Waals surface area contributed by atoms with Crippen LogP contribution in [-0.2, 0) is 9.53 Å². The number of nitrogens with zero attached hydrogens (tertiary/aromatic N) is 2. The lowest BCUT2D eigenvalue weighted by Gasteiger charge is -2.32. The lowest BCUT2D eigenvalue weighted by molar-refractivity contribution is -0.140. The molecule has 0 N–H and O–H groups in total. The van der Waals surface area contributed by atoms with Gasteiger partial charge in [-0.2, -0.15) is 5.26 Å². The molecule has 4 nitrogen and oxygen atoms in total. The number of carbonyl (C=O) groups excluding carboxylic acids is 1. The van der Waals surface area contributed by atoms with Crippen molar-refractivity contribution in [3.05, 3.63) is 0 Å². The molecule has 2 aliphatic rings. The van der Waals surface area contributed by atoms with E-state index < -0.39 is 5.41 Å². The Hall–Kier alpha value is -1.08. The van der Waals surface area contributed by atoms with Crippen molar-refractivity contribution in [3.63, 3.8) is 0 Å². The molecule has 1 heterocycles. The molecule has 94 valence electrons. The van der Waals surface area contributed by atoms with Gasteiger partial charge in [-0.3, -0.25) is 4.79 Å². The van der Waals surface area contributed by atoms with Crippen LogP contribution in [-0.4, -0.2) is 36.6 Å². The Labute approximate surface area is 103 Å². The fourth-order valence-corrected chi connectivity index (χ4v) is 3.07. The Morgan fingerprint density at radius 2 is 2.12 bits per heavy atom. The molecular formula is C13H20N2O2. The third kappa shape index (κ3) is 2.04. The van der Waals surface area contributed by atoms with E-state index in [9.17, 15) is 10.1 Å². The minimum atomic E-state index is -0.753. The molecule has 2 unspecified atom stereocenters. The lowest BCUT2D eigenvalue weighted by Crippen LogP contribution is -2.47. The van der Waals surface area contributed by atoms with Crippen molar-refractivity contribution in [2.75, 3.05) is 13.7 Å². The summed E-state index contributed by atoms with van der Waals surface area (Å²) in [6, 6.07) is 2.40. The summed E-state index contributed by atoms with van der Waals surface area (Å²) in [5.41, 5.74) is -0.753. The van der Waals surface area contributed by atoms with Crippen LogP contribution in [0.4, 0.5) is 0 Å². The van der Waals surface area contributed by atoms with Crippen molar-refractivity contribution in [2.45, 2.75) is 51.2 Å². The van der Waals surface area contributed by atoms with Crippen LogP contribution >= 0.6 is 0 Å². The largest absolute Gasteiger partial charge is 0.376 e. The summed E-state index contributed by atoms with van der Waals surface area (Å²) in [6.45, 7) is 2.71. The molecule has 0 bridgehead atoms. The highest BCUT2D eigenvalue weighted by molar-refractivity contribution is 5.86. The monoisotopic (exact) mass is 236 g/mol. The van der Waals surface area contributed by atoms with Crippen molar-refractivity contribution in [1.82, 2.24) is 4.90 Å². The van der Waals surface area contributed by atoms with Gasteiger partial charge in [0.1, 0.15) is 5.41 Å². The minimum Gasteiger partial charge on any atom is -0.376 e. The first-order valence-corrected chi connectivity index (χ1v) is 6.41. The molecule has 0 spiro atoms. The Morgan fingerprint density at radius 3 is 2.59 bits per heavy atom. The molecule has 0 aromatic heterocycles. The molecule has 2 atom stereocenters. The van der Waals surface area contributed by atoms with Gasteiger partial charge in [0.25, 0.3) is 0 Å². The van der Waals surface area contributed by atoms with E-state index in [2.05, 4.69) is 6.07 Å². The fraction of sp³-hybridized carbons (Fsp3) is 0.846. The van der Waals surface area contributed by atoms with Crippen LogP contribution in [0.25, 0.3) is 0 Å². The standard InChI is InChI=1S/C13H20N2O2/c1-10-11(5-8-17-10)15(2)12(16)13(9-14)6-3-4-7-13/h10-11H,3-8H2,1-2H3. The van der Waals surface area contributed by atoms with Crippen LogP contribution in [0.2, 0.25) is 0 Å². The molecule has 0 aromatic rings. The summed E-state index contributed by atoms with van der Waals surface area (Å²) in [5.74, 6) is -0.000139. The van der Waals surface area contributed by atoms with Gasteiger partial charge in [-0.05, 0) is 26.2 Å². The van der Waals surface area contributed by atoms with Crippen molar-refractivity contribution < 1.29 is 9.53 Å². The summed E-state index contributed by atoms with van der Waals surface area (Å²) in [7, 11) is 1.82. The topological polar surface area (TPSA) is 53.3 Å². The predicted octanol–water partition coefficient (Wildman–Crippen LogP) is 1.71. The Morgan fingerprint density at radius 1 is 1.47 bits per heavy atom. The maximum atomic E-state index is 12.5. The number of rotatable bonds is 2. The van der Waals surface area contributed by atoms with Gasteiger partial charge in [-0.15, -0.1) is 0 Å². The molecule has 2 rings (SSSR count). The normalized spacial score (nSPS) is 31.1. The smallest absolute Gasteiger partial charge is 0.243 e. The van der Waals surface area contributed by atoms with E-state index in [1.165, 1.54) is 0 Å². The molecule has 1 saturated carbocycles. The van der Waals surface area contributed by atoms with Crippen LogP contribution in [0, 0.1) is 16.7 Å². The fourth-order valence-electron chi connectivity index (χ4n) is 3.07. The van der Waals surface area contributed by atoms with Gasteiger partial charge in [0, 0.05) is 13.7 Å². The van der Waals surface area contributed by atoms with E-state index in [0.717, 1.165) is 19.3 Å². The Kier molecular flexibility index (Phi) is 3.39. The van der Waals surface area contributed by atoms with Gasteiger partial charge in [0.15, 0.2) is 0 Å². The van der Waals surface area contributed by atoms with Gasteiger partial charge in [-0.25, -0.2) is 0 Å². The van der Waals surface area contributed by atoms with Crippen molar-refractivity contribution in [1.29, 1.82) is 5.26 Å². The second-order valence-corrected chi connectivity index (χ2v) is 5.25. The van der Waals surface area contributed by atoms with E-state index >= 15 is 0 Å². The lowest BCUT2D eigenvalue weighted by atomic mass is 9.86. The zero-order valence-corrected chi connectivity index (χ0v) is 10.6. The Balaban J connectivity index is 2.11. The number of hydrogen-bond donors (Lipinski definition) is 0. The summed E-state index contributed by atoms with van der Waals surface area (Å²) >= 11 is 0. The van der Waals surface area contributed by atoms with E-state index in [1.54, 1.807) is 4.90 Å².